The van der Waals surface area contributed by atoms with Gasteiger partial charge in [-0.25, -0.2) is 0 Å². The first-order chi connectivity index (χ1) is 9.55. The molecule has 0 heterocycles. The highest BCUT2D eigenvalue weighted by atomic mass is 16.6. The Labute approximate surface area is 120 Å². The van der Waals surface area contributed by atoms with Crippen LogP contribution in [0.15, 0.2) is 43.0 Å². The molecule has 0 bridgehead atoms. The minimum Gasteiger partial charge on any atom is -0.461 e. The molecule has 3 heteroatoms. The Hall–Kier alpha value is -1.61. The SMILES string of the molecule is C=CCC(=O)OC1C(COCc2ccccc2)C1(C)C. The molecule has 0 amide bonds. The predicted molar refractivity (Wildman–Crippen MR) is 78.1 cm³/mol. The first-order valence-corrected chi connectivity index (χ1v) is 6.97. The van der Waals surface area contributed by atoms with E-state index in [-0.39, 0.29) is 29.8 Å². The monoisotopic (exact) mass is 274 g/mol. The molecule has 2 atom stereocenters. The molecule has 1 aliphatic carbocycles. The average molecular weight is 274 g/mol. The van der Waals surface area contributed by atoms with E-state index in [1.54, 1.807) is 6.08 Å². The van der Waals surface area contributed by atoms with Gasteiger partial charge in [0.15, 0.2) is 0 Å². The minimum atomic E-state index is -0.205. The lowest BCUT2D eigenvalue weighted by Crippen LogP contribution is -2.10. The molecule has 108 valence electrons. The van der Waals surface area contributed by atoms with E-state index >= 15 is 0 Å². The van der Waals surface area contributed by atoms with Gasteiger partial charge in [0.2, 0.25) is 0 Å². The number of carbonyl (C=O) groups excluding carboxylic acids is 1. The van der Waals surface area contributed by atoms with E-state index < -0.39 is 0 Å². The summed E-state index contributed by atoms with van der Waals surface area (Å²) >= 11 is 0. The van der Waals surface area contributed by atoms with E-state index in [0.29, 0.717) is 13.2 Å². The molecule has 1 aromatic rings. The molecule has 20 heavy (non-hydrogen) atoms. The second-order valence-electron chi connectivity index (χ2n) is 5.83. The van der Waals surface area contributed by atoms with Gasteiger partial charge in [-0.2, -0.15) is 0 Å². The van der Waals surface area contributed by atoms with Gasteiger partial charge in [0, 0.05) is 11.3 Å². The average Bonchev–Trinajstić information content (AvgIpc) is 2.92. The van der Waals surface area contributed by atoms with Gasteiger partial charge in [0.05, 0.1) is 19.6 Å². The molecule has 0 radical (unpaired) electrons. The van der Waals surface area contributed by atoms with Crippen LogP contribution in [-0.4, -0.2) is 18.7 Å². The molecule has 1 aliphatic rings. The molecule has 2 rings (SSSR count). The largest absolute Gasteiger partial charge is 0.461 e. The van der Waals surface area contributed by atoms with Crippen LogP contribution in [0.2, 0.25) is 0 Å². The van der Waals surface area contributed by atoms with Gasteiger partial charge in [-0.05, 0) is 5.56 Å². The normalized spacial score (nSPS) is 23.1. The molecule has 0 saturated heterocycles. The Morgan fingerprint density at radius 2 is 2.05 bits per heavy atom. The van der Waals surface area contributed by atoms with Crippen molar-refractivity contribution in [3.63, 3.8) is 0 Å². The lowest BCUT2D eigenvalue weighted by molar-refractivity contribution is -0.145. The standard InChI is InChI=1S/C17H22O3/c1-4-8-15(18)20-16-14(17(16,2)3)12-19-11-13-9-6-5-7-10-13/h4-7,9-10,14,16H,1,8,11-12H2,2-3H3. The number of benzene rings is 1. The van der Waals surface area contributed by atoms with Crippen molar-refractivity contribution in [2.75, 3.05) is 6.61 Å². The molecule has 1 saturated carbocycles. The highest BCUT2D eigenvalue weighted by Crippen LogP contribution is 2.54. The fourth-order valence-corrected chi connectivity index (χ4v) is 2.42. The molecule has 2 unspecified atom stereocenters. The lowest BCUT2D eigenvalue weighted by atomic mass is 10.1. The summed E-state index contributed by atoms with van der Waals surface area (Å²) in [4.78, 5) is 11.5. The van der Waals surface area contributed by atoms with Crippen LogP contribution in [0.5, 0.6) is 0 Å². The van der Waals surface area contributed by atoms with E-state index in [4.69, 9.17) is 9.47 Å². The summed E-state index contributed by atoms with van der Waals surface area (Å²) in [7, 11) is 0. The third-order valence-electron chi connectivity index (χ3n) is 3.92. The van der Waals surface area contributed by atoms with Crippen LogP contribution in [0.1, 0.15) is 25.8 Å². The van der Waals surface area contributed by atoms with Gasteiger partial charge in [-0.3, -0.25) is 4.79 Å². The van der Waals surface area contributed by atoms with Crippen molar-refractivity contribution in [3.8, 4) is 0 Å². The number of ether oxygens (including phenoxy) is 2. The number of esters is 1. The Bertz CT molecular complexity index is 464. The van der Waals surface area contributed by atoms with Crippen LogP contribution >= 0.6 is 0 Å². The van der Waals surface area contributed by atoms with Gasteiger partial charge in [0.25, 0.3) is 0 Å². The third kappa shape index (κ3) is 3.48. The van der Waals surface area contributed by atoms with Crippen LogP contribution in [0, 0.1) is 11.3 Å². The van der Waals surface area contributed by atoms with Crippen molar-refractivity contribution < 1.29 is 14.3 Å². The minimum absolute atomic E-state index is 0.00746. The number of hydrogen-bond acceptors (Lipinski definition) is 3. The summed E-state index contributed by atoms with van der Waals surface area (Å²) in [6.45, 7) is 8.97. The fourth-order valence-electron chi connectivity index (χ4n) is 2.42. The van der Waals surface area contributed by atoms with Crippen LogP contribution in [0.4, 0.5) is 0 Å². The zero-order valence-electron chi connectivity index (χ0n) is 12.2. The first-order valence-electron chi connectivity index (χ1n) is 6.97. The third-order valence-corrected chi connectivity index (χ3v) is 3.92. The van der Waals surface area contributed by atoms with E-state index in [0.717, 1.165) is 5.56 Å². The highest BCUT2D eigenvalue weighted by molar-refractivity contribution is 5.71. The smallest absolute Gasteiger partial charge is 0.309 e. The summed E-state index contributed by atoms with van der Waals surface area (Å²) < 4.78 is 11.2. The molecule has 3 nitrogen and oxygen atoms in total. The van der Waals surface area contributed by atoms with Gasteiger partial charge in [0.1, 0.15) is 6.10 Å². The predicted octanol–water partition coefficient (Wildman–Crippen LogP) is 3.35. The Kier molecular flexibility index (Phi) is 4.61. The highest BCUT2D eigenvalue weighted by Gasteiger charge is 2.60. The molecular weight excluding hydrogens is 252 g/mol. The van der Waals surface area contributed by atoms with Gasteiger partial charge >= 0.3 is 5.97 Å². The first kappa shape index (κ1) is 14.8. The van der Waals surface area contributed by atoms with Crippen LogP contribution in [0.3, 0.4) is 0 Å². The van der Waals surface area contributed by atoms with E-state index in [1.165, 1.54) is 0 Å². The Morgan fingerprint density at radius 3 is 2.70 bits per heavy atom. The van der Waals surface area contributed by atoms with E-state index in [2.05, 4.69) is 20.4 Å². The maximum atomic E-state index is 11.5. The molecule has 0 N–H and O–H groups in total. The molecule has 0 spiro atoms. The van der Waals surface area contributed by atoms with E-state index in [1.807, 2.05) is 30.3 Å². The quantitative estimate of drug-likeness (QED) is 0.565. The topological polar surface area (TPSA) is 35.5 Å². The van der Waals surface area contributed by atoms with Gasteiger partial charge < -0.3 is 9.47 Å². The molecular formula is C17H22O3. The summed E-state index contributed by atoms with van der Waals surface area (Å²) in [5, 5.41) is 0. The van der Waals surface area contributed by atoms with Crippen molar-refractivity contribution in [3.05, 3.63) is 48.6 Å². The number of carbonyl (C=O) groups is 1. The summed E-state index contributed by atoms with van der Waals surface area (Å²) in [6.07, 6.45) is 1.80. The fraction of sp³-hybridized carbons (Fsp3) is 0.471. The van der Waals surface area contributed by atoms with Crippen LogP contribution < -0.4 is 0 Å². The number of hydrogen-bond donors (Lipinski definition) is 0. The maximum Gasteiger partial charge on any atom is 0.309 e. The van der Waals surface area contributed by atoms with Gasteiger partial charge in [-0.1, -0.05) is 50.3 Å². The Balaban J connectivity index is 1.76. The van der Waals surface area contributed by atoms with Crippen molar-refractivity contribution in [1.82, 2.24) is 0 Å². The van der Waals surface area contributed by atoms with Crippen molar-refractivity contribution in [2.45, 2.75) is 33.0 Å². The second-order valence-corrected chi connectivity index (χ2v) is 5.83. The summed E-state index contributed by atoms with van der Waals surface area (Å²) in [5.41, 5.74) is 1.17. The lowest BCUT2D eigenvalue weighted by Gasteiger charge is -2.04. The van der Waals surface area contributed by atoms with Crippen molar-refractivity contribution in [1.29, 1.82) is 0 Å². The zero-order valence-corrected chi connectivity index (χ0v) is 12.2. The van der Waals surface area contributed by atoms with Crippen LogP contribution in [-0.2, 0) is 20.9 Å². The molecule has 0 aromatic heterocycles. The van der Waals surface area contributed by atoms with Crippen molar-refractivity contribution >= 4 is 5.97 Å². The number of rotatable bonds is 7. The van der Waals surface area contributed by atoms with Crippen molar-refractivity contribution in [2.24, 2.45) is 11.3 Å². The Morgan fingerprint density at radius 1 is 1.35 bits per heavy atom. The molecule has 1 fully saturated rings. The van der Waals surface area contributed by atoms with Gasteiger partial charge in [-0.15, -0.1) is 6.58 Å². The zero-order chi connectivity index (χ0) is 14.6. The summed E-state index contributed by atoms with van der Waals surface area (Å²) in [5.74, 6) is 0.0728. The van der Waals surface area contributed by atoms with E-state index in [9.17, 15) is 4.79 Å². The molecule has 0 aliphatic heterocycles. The summed E-state index contributed by atoms with van der Waals surface area (Å²) in [6, 6.07) is 10.1. The second kappa shape index (κ2) is 6.23. The molecule has 1 aromatic carbocycles. The maximum absolute atomic E-state index is 11.5. The van der Waals surface area contributed by atoms with Crippen LogP contribution in [0.25, 0.3) is 0 Å².